The molecule has 6 nitrogen and oxygen atoms in total. The van der Waals surface area contributed by atoms with Crippen LogP contribution in [0.5, 0.6) is 5.75 Å². The number of benzene rings is 1. The minimum absolute atomic E-state index is 0.172. The lowest BCUT2D eigenvalue weighted by atomic mass is 9.94. The Bertz CT molecular complexity index is 779. The molecular weight excluding hydrogens is 360 g/mol. The van der Waals surface area contributed by atoms with E-state index in [4.69, 9.17) is 10.5 Å². The molecule has 0 fully saturated rings. The minimum atomic E-state index is -0.172. The van der Waals surface area contributed by atoms with Crippen LogP contribution >= 0.6 is 15.9 Å². The van der Waals surface area contributed by atoms with E-state index in [9.17, 15) is 4.79 Å². The number of hydrogen-bond donors (Lipinski definition) is 2. The van der Waals surface area contributed by atoms with Crippen molar-refractivity contribution in [2.24, 2.45) is 0 Å². The number of hydrogen-bond acceptors (Lipinski definition) is 5. The highest BCUT2D eigenvalue weighted by molar-refractivity contribution is 9.10. The SMILES string of the molecule is CCOc1ccc([C@H]2Cc3nc(N)nc(C)c3C(=O)N2)c(Br)c1. The largest absolute Gasteiger partial charge is 0.494 e. The first-order chi connectivity index (χ1) is 11.0. The van der Waals surface area contributed by atoms with E-state index >= 15 is 0 Å². The van der Waals surface area contributed by atoms with Crippen molar-refractivity contribution in [1.82, 2.24) is 15.3 Å². The number of nitrogens with zero attached hydrogens (tertiary/aromatic N) is 2. The summed E-state index contributed by atoms with van der Waals surface area (Å²) in [4.78, 5) is 20.7. The van der Waals surface area contributed by atoms with Crippen molar-refractivity contribution in [3.05, 3.63) is 45.2 Å². The van der Waals surface area contributed by atoms with Crippen LogP contribution in [-0.4, -0.2) is 22.5 Å². The molecule has 2 heterocycles. The van der Waals surface area contributed by atoms with Crippen LogP contribution in [-0.2, 0) is 6.42 Å². The lowest BCUT2D eigenvalue weighted by Gasteiger charge is -2.27. The summed E-state index contributed by atoms with van der Waals surface area (Å²) < 4.78 is 6.37. The Morgan fingerprint density at radius 1 is 1.43 bits per heavy atom. The number of amides is 1. The number of aryl methyl sites for hydroxylation is 1. The summed E-state index contributed by atoms with van der Waals surface area (Å²) in [6.07, 6.45) is 0.571. The van der Waals surface area contributed by atoms with Crippen LogP contribution in [0.2, 0.25) is 0 Å². The van der Waals surface area contributed by atoms with Crippen molar-refractivity contribution >= 4 is 27.8 Å². The van der Waals surface area contributed by atoms with Gasteiger partial charge in [-0.05, 0) is 31.5 Å². The maximum Gasteiger partial charge on any atom is 0.255 e. The van der Waals surface area contributed by atoms with Crippen LogP contribution in [0, 0.1) is 6.92 Å². The first-order valence-corrected chi connectivity index (χ1v) is 8.15. The van der Waals surface area contributed by atoms with Gasteiger partial charge in [-0.2, -0.15) is 0 Å². The van der Waals surface area contributed by atoms with Gasteiger partial charge in [-0.1, -0.05) is 22.0 Å². The van der Waals surface area contributed by atoms with Gasteiger partial charge in [0.25, 0.3) is 5.91 Å². The molecule has 2 aromatic rings. The number of aromatic nitrogens is 2. The Morgan fingerprint density at radius 2 is 2.22 bits per heavy atom. The zero-order valence-electron chi connectivity index (χ0n) is 12.9. The highest BCUT2D eigenvalue weighted by atomic mass is 79.9. The standard InChI is InChI=1S/C16H17BrN4O2/c1-3-23-9-4-5-10(11(17)6-9)12-7-13-14(15(22)20-12)8(2)19-16(18)21-13/h4-6,12H,3,7H2,1-2H3,(H,20,22)(H2,18,19,21)/t12-/m1/s1. The fraction of sp³-hybridized carbons (Fsp3) is 0.312. The Morgan fingerprint density at radius 3 is 2.91 bits per heavy atom. The summed E-state index contributed by atoms with van der Waals surface area (Å²) in [5, 5.41) is 3.01. The molecule has 1 aliphatic heterocycles. The number of nitrogens with two attached hydrogens (primary N) is 1. The lowest BCUT2D eigenvalue weighted by Crippen LogP contribution is -2.37. The Labute approximate surface area is 142 Å². The topological polar surface area (TPSA) is 90.1 Å². The molecular formula is C16H17BrN4O2. The van der Waals surface area contributed by atoms with Crippen LogP contribution in [0.25, 0.3) is 0 Å². The van der Waals surface area contributed by atoms with E-state index < -0.39 is 0 Å². The van der Waals surface area contributed by atoms with Crippen molar-refractivity contribution in [1.29, 1.82) is 0 Å². The van der Waals surface area contributed by atoms with E-state index in [0.29, 0.717) is 30.0 Å². The van der Waals surface area contributed by atoms with Gasteiger partial charge in [-0.15, -0.1) is 0 Å². The first-order valence-electron chi connectivity index (χ1n) is 7.35. The van der Waals surface area contributed by atoms with Gasteiger partial charge in [0, 0.05) is 10.9 Å². The number of nitrogen functional groups attached to an aromatic ring is 1. The third-order valence-corrected chi connectivity index (χ3v) is 4.46. The number of fused-ring (bicyclic) bond motifs is 1. The molecule has 1 atom stereocenters. The zero-order chi connectivity index (χ0) is 16.6. The third-order valence-electron chi connectivity index (χ3n) is 3.77. The van der Waals surface area contributed by atoms with Gasteiger partial charge >= 0.3 is 0 Å². The van der Waals surface area contributed by atoms with Crippen molar-refractivity contribution in [2.45, 2.75) is 26.3 Å². The molecule has 1 aromatic heterocycles. The average Bonchev–Trinajstić information content (AvgIpc) is 2.46. The molecule has 0 aliphatic carbocycles. The molecule has 0 bridgehead atoms. The molecule has 0 saturated heterocycles. The second-order valence-electron chi connectivity index (χ2n) is 5.34. The van der Waals surface area contributed by atoms with Crippen LogP contribution in [0.1, 0.15) is 40.3 Å². The van der Waals surface area contributed by atoms with E-state index in [1.807, 2.05) is 25.1 Å². The normalized spacial score (nSPS) is 16.7. The van der Waals surface area contributed by atoms with Gasteiger partial charge in [0.15, 0.2) is 0 Å². The van der Waals surface area contributed by atoms with E-state index in [0.717, 1.165) is 15.8 Å². The molecule has 7 heteroatoms. The van der Waals surface area contributed by atoms with Crippen LogP contribution < -0.4 is 15.8 Å². The van der Waals surface area contributed by atoms with Crippen molar-refractivity contribution in [3.63, 3.8) is 0 Å². The minimum Gasteiger partial charge on any atom is -0.494 e. The van der Waals surface area contributed by atoms with Gasteiger partial charge in [0.05, 0.1) is 29.6 Å². The number of rotatable bonds is 3. The van der Waals surface area contributed by atoms with E-state index in [1.54, 1.807) is 6.92 Å². The molecule has 0 saturated carbocycles. The third kappa shape index (κ3) is 3.01. The molecule has 0 radical (unpaired) electrons. The molecule has 0 spiro atoms. The second-order valence-corrected chi connectivity index (χ2v) is 6.19. The van der Waals surface area contributed by atoms with Crippen molar-refractivity contribution < 1.29 is 9.53 Å². The predicted octanol–water partition coefficient (Wildman–Crippen LogP) is 2.56. The number of carbonyl (C=O) groups is 1. The maximum absolute atomic E-state index is 12.4. The van der Waals surface area contributed by atoms with E-state index in [-0.39, 0.29) is 17.9 Å². The number of halogens is 1. The fourth-order valence-corrected chi connectivity index (χ4v) is 3.44. The number of ether oxygens (including phenoxy) is 1. The quantitative estimate of drug-likeness (QED) is 0.858. The molecule has 1 aromatic carbocycles. The molecule has 0 unspecified atom stereocenters. The monoisotopic (exact) mass is 376 g/mol. The Hall–Kier alpha value is -2.15. The molecule has 3 N–H and O–H groups in total. The second kappa shape index (κ2) is 6.16. The van der Waals surface area contributed by atoms with Crippen LogP contribution in [0.4, 0.5) is 5.95 Å². The number of carbonyl (C=O) groups excluding carboxylic acids is 1. The van der Waals surface area contributed by atoms with Crippen LogP contribution in [0.15, 0.2) is 22.7 Å². The molecule has 23 heavy (non-hydrogen) atoms. The van der Waals surface area contributed by atoms with Crippen molar-refractivity contribution in [3.8, 4) is 5.75 Å². The predicted molar refractivity (Wildman–Crippen MR) is 90.4 cm³/mol. The summed E-state index contributed by atoms with van der Waals surface area (Å²) >= 11 is 3.55. The van der Waals surface area contributed by atoms with Crippen molar-refractivity contribution in [2.75, 3.05) is 12.3 Å². The van der Waals surface area contributed by atoms with Crippen LogP contribution in [0.3, 0.4) is 0 Å². The molecule has 3 rings (SSSR count). The smallest absolute Gasteiger partial charge is 0.255 e. The van der Waals surface area contributed by atoms with Gasteiger partial charge < -0.3 is 15.8 Å². The summed E-state index contributed by atoms with van der Waals surface area (Å²) in [7, 11) is 0. The summed E-state index contributed by atoms with van der Waals surface area (Å²) in [6.45, 7) is 4.31. The highest BCUT2D eigenvalue weighted by Gasteiger charge is 2.30. The van der Waals surface area contributed by atoms with Gasteiger partial charge in [0.2, 0.25) is 5.95 Å². The van der Waals surface area contributed by atoms with Gasteiger partial charge in [-0.3, -0.25) is 4.79 Å². The summed E-state index contributed by atoms with van der Waals surface area (Å²) in [5.41, 5.74) is 8.51. The summed E-state index contributed by atoms with van der Waals surface area (Å²) in [6, 6.07) is 5.57. The number of nitrogens with one attached hydrogen (secondary N) is 1. The van der Waals surface area contributed by atoms with Gasteiger partial charge in [0.1, 0.15) is 5.75 Å². The Balaban J connectivity index is 1.96. The summed E-state index contributed by atoms with van der Waals surface area (Å²) in [5.74, 6) is 0.808. The molecule has 1 amide bonds. The maximum atomic E-state index is 12.4. The molecule has 1 aliphatic rings. The fourth-order valence-electron chi connectivity index (χ4n) is 2.81. The van der Waals surface area contributed by atoms with E-state index in [2.05, 4.69) is 31.2 Å². The van der Waals surface area contributed by atoms with E-state index in [1.165, 1.54) is 0 Å². The lowest BCUT2D eigenvalue weighted by molar-refractivity contribution is 0.0922. The average molecular weight is 377 g/mol. The Kier molecular flexibility index (Phi) is 4.21. The van der Waals surface area contributed by atoms with Gasteiger partial charge in [-0.25, -0.2) is 9.97 Å². The number of anilines is 1. The molecule has 120 valence electrons. The highest BCUT2D eigenvalue weighted by Crippen LogP contribution is 2.32. The zero-order valence-corrected chi connectivity index (χ0v) is 14.5. The first kappa shape index (κ1) is 15.7.